The van der Waals surface area contributed by atoms with Crippen LogP contribution in [0.25, 0.3) is 0 Å². The molecule has 1 aliphatic rings. The molecule has 0 aromatic heterocycles. The van der Waals surface area contributed by atoms with E-state index < -0.39 is 0 Å². The highest BCUT2D eigenvalue weighted by molar-refractivity contribution is 5.20. The van der Waals surface area contributed by atoms with Gasteiger partial charge in [0.1, 0.15) is 5.82 Å². The molecule has 0 saturated carbocycles. The van der Waals surface area contributed by atoms with E-state index in [2.05, 4.69) is 23.9 Å². The van der Waals surface area contributed by atoms with Crippen molar-refractivity contribution in [3.8, 4) is 0 Å². The fourth-order valence-corrected chi connectivity index (χ4v) is 2.86. The molecule has 1 aliphatic heterocycles. The topological polar surface area (TPSA) is 32.5 Å². The Kier molecular flexibility index (Phi) is 4.91. The van der Waals surface area contributed by atoms with Crippen molar-refractivity contribution in [2.45, 2.75) is 24.9 Å². The maximum atomic E-state index is 13.2. The molecular formula is C15H24FN3. The van der Waals surface area contributed by atoms with Crippen LogP contribution >= 0.6 is 0 Å². The van der Waals surface area contributed by atoms with Gasteiger partial charge in [-0.3, -0.25) is 4.90 Å². The summed E-state index contributed by atoms with van der Waals surface area (Å²) in [5.41, 5.74) is 7.10. The normalized spacial score (nSPS) is 22.1. The molecule has 3 nitrogen and oxygen atoms in total. The van der Waals surface area contributed by atoms with Crippen molar-refractivity contribution in [2.75, 3.05) is 33.7 Å². The SMILES string of the molecule is CN(C)CC1CCCN1CC(N)c1cccc(F)c1. The van der Waals surface area contributed by atoms with Crippen molar-refractivity contribution < 1.29 is 4.39 Å². The molecule has 4 heteroatoms. The molecular weight excluding hydrogens is 241 g/mol. The minimum Gasteiger partial charge on any atom is -0.323 e. The van der Waals surface area contributed by atoms with Crippen LogP contribution in [0.15, 0.2) is 24.3 Å². The zero-order valence-electron chi connectivity index (χ0n) is 11.8. The summed E-state index contributed by atoms with van der Waals surface area (Å²) in [6.45, 7) is 2.97. The highest BCUT2D eigenvalue weighted by Crippen LogP contribution is 2.21. The summed E-state index contributed by atoms with van der Waals surface area (Å²) in [5.74, 6) is -0.209. The average molecular weight is 265 g/mol. The van der Waals surface area contributed by atoms with Gasteiger partial charge in [0.25, 0.3) is 0 Å². The molecule has 0 spiro atoms. The summed E-state index contributed by atoms with van der Waals surface area (Å²) in [6.07, 6.45) is 2.46. The van der Waals surface area contributed by atoms with Crippen LogP contribution in [0.1, 0.15) is 24.4 Å². The van der Waals surface area contributed by atoms with Gasteiger partial charge in [-0.15, -0.1) is 0 Å². The Morgan fingerprint density at radius 3 is 2.95 bits per heavy atom. The predicted octanol–water partition coefficient (Wildman–Crippen LogP) is 1.85. The summed E-state index contributed by atoms with van der Waals surface area (Å²) < 4.78 is 13.2. The summed E-state index contributed by atoms with van der Waals surface area (Å²) in [6, 6.07) is 7.10. The van der Waals surface area contributed by atoms with Crippen molar-refractivity contribution in [3.05, 3.63) is 35.6 Å². The van der Waals surface area contributed by atoms with Crippen molar-refractivity contribution in [3.63, 3.8) is 0 Å². The third-order valence-electron chi connectivity index (χ3n) is 3.78. The van der Waals surface area contributed by atoms with Gasteiger partial charge in [-0.2, -0.15) is 0 Å². The van der Waals surface area contributed by atoms with E-state index in [0.29, 0.717) is 6.04 Å². The summed E-state index contributed by atoms with van der Waals surface area (Å²) in [5, 5.41) is 0. The van der Waals surface area contributed by atoms with Crippen molar-refractivity contribution in [1.82, 2.24) is 9.80 Å². The monoisotopic (exact) mass is 265 g/mol. The number of halogens is 1. The molecule has 1 aromatic rings. The van der Waals surface area contributed by atoms with Crippen LogP contribution < -0.4 is 5.73 Å². The smallest absolute Gasteiger partial charge is 0.123 e. The first-order valence-electron chi connectivity index (χ1n) is 6.96. The van der Waals surface area contributed by atoms with E-state index in [1.54, 1.807) is 12.1 Å². The Bertz CT molecular complexity index is 408. The van der Waals surface area contributed by atoms with Crippen LogP contribution in [-0.4, -0.2) is 49.6 Å². The van der Waals surface area contributed by atoms with Gasteiger partial charge in [0.2, 0.25) is 0 Å². The zero-order chi connectivity index (χ0) is 13.8. The second kappa shape index (κ2) is 6.46. The van der Waals surface area contributed by atoms with E-state index in [-0.39, 0.29) is 11.9 Å². The molecule has 1 heterocycles. The maximum Gasteiger partial charge on any atom is 0.123 e. The number of nitrogens with zero attached hydrogens (tertiary/aromatic N) is 2. The van der Waals surface area contributed by atoms with Crippen LogP contribution in [0, 0.1) is 5.82 Å². The Balaban J connectivity index is 1.96. The fraction of sp³-hybridized carbons (Fsp3) is 0.600. The standard InChI is InChI=1S/C15H24FN3/c1-18(2)10-14-7-4-8-19(14)11-15(17)12-5-3-6-13(16)9-12/h3,5-6,9,14-15H,4,7-8,10-11,17H2,1-2H3. The Morgan fingerprint density at radius 1 is 1.47 bits per heavy atom. The lowest BCUT2D eigenvalue weighted by atomic mass is 10.1. The van der Waals surface area contributed by atoms with Crippen molar-refractivity contribution in [1.29, 1.82) is 0 Å². The molecule has 2 unspecified atom stereocenters. The summed E-state index contributed by atoms with van der Waals surface area (Å²) in [7, 11) is 4.20. The molecule has 0 aliphatic carbocycles. The lowest BCUT2D eigenvalue weighted by Crippen LogP contribution is -2.41. The number of benzene rings is 1. The predicted molar refractivity (Wildman–Crippen MR) is 76.5 cm³/mol. The first-order chi connectivity index (χ1) is 9.06. The molecule has 0 radical (unpaired) electrons. The lowest BCUT2D eigenvalue weighted by Gasteiger charge is -2.29. The highest BCUT2D eigenvalue weighted by atomic mass is 19.1. The van der Waals surface area contributed by atoms with E-state index in [1.165, 1.54) is 18.9 Å². The molecule has 0 bridgehead atoms. The minimum absolute atomic E-state index is 0.113. The highest BCUT2D eigenvalue weighted by Gasteiger charge is 2.26. The molecule has 2 atom stereocenters. The lowest BCUT2D eigenvalue weighted by molar-refractivity contribution is 0.198. The van der Waals surface area contributed by atoms with Gasteiger partial charge in [0.05, 0.1) is 0 Å². The number of likely N-dealkylation sites (tertiary alicyclic amines) is 1. The van der Waals surface area contributed by atoms with E-state index in [1.807, 2.05) is 6.07 Å². The minimum atomic E-state index is -0.209. The largest absolute Gasteiger partial charge is 0.323 e. The van der Waals surface area contributed by atoms with Crippen LogP contribution in [-0.2, 0) is 0 Å². The van der Waals surface area contributed by atoms with Crippen molar-refractivity contribution >= 4 is 0 Å². The second-order valence-electron chi connectivity index (χ2n) is 5.71. The quantitative estimate of drug-likeness (QED) is 0.882. The number of nitrogens with two attached hydrogens (primary N) is 1. The van der Waals surface area contributed by atoms with E-state index in [9.17, 15) is 4.39 Å². The van der Waals surface area contributed by atoms with E-state index in [0.717, 1.165) is 25.2 Å². The Labute approximate surface area is 115 Å². The Morgan fingerprint density at radius 2 is 2.26 bits per heavy atom. The molecule has 2 N–H and O–H groups in total. The molecule has 19 heavy (non-hydrogen) atoms. The molecule has 2 rings (SSSR count). The second-order valence-corrected chi connectivity index (χ2v) is 5.71. The number of likely N-dealkylation sites (N-methyl/N-ethyl adjacent to an activating group) is 1. The third-order valence-corrected chi connectivity index (χ3v) is 3.78. The third kappa shape index (κ3) is 4.00. The zero-order valence-corrected chi connectivity index (χ0v) is 11.8. The summed E-state index contributed by atoms with van der Waals surface area (Å²) >= 11 is 0. The van der Waals surface area contributed by atoms with Gasteiger partial charge in [0, 0.05) is 25.2 Å². The first kappa shape index (κ1) is 14.4. The molecule has 0 amide bonds. The molecule has 1 saturated heterocycles. The van der Waals surface area contributed by atoms with Gasteiger partial charge >= 0.3 is 0 Å². The maximum absolute atomic E-state index is 13.2. The van der Waals surface area contributed by atoms with Crippen LogP contribution in [0.5, 0.6) is 0 Å². The number of rotatable bonds is 5. The van der Waals surface area contributed by atoms with E-state index in [4.69, 9.17) is 5.73 Å². The van der Waals surface area contributed by atoms with Crippen LogP contribution in [0.2, 0.25) is 0 Å². The number of hydrogen-bond donors (Lipinski definition) is 1. The van der Waals surface area contributed by atoms with Gasteiger partial charge in [-0.05, 0) is 51.2 Å². The molecule has 106 valence electrons. The van der Waals surface area contributed by atoms with Gasteiger partial charge in [-0.25, -0.2) is 4.39 Å². The van der Waals surface area contributed by atoms with Crippen molar-refractivity contribution in [2.24, 2.45) is 5.73 Å². The van der Waals surface area contributed by atoms with Crippen LogP contribution in [0.4, 0.5) is 4.39 Å². The summed E-state index contributed by atoms with van der Waals surface area (Å²) in [4.78, 5) is 4.66. The van der Waals surface area contributed by atoms with E-state index >= 15 is 0 Å². The van der Waals surface area contributed by atoms with Gasteiger partial charge in [-0.1, -0.05) is 12.1 Å². The first-order valence-corrected chi connectivity index (χ1v) is 6.96. The van der Waals surface area contributed by atoms with Gasteiger partial charge < -0.3 is 10.6 Å². The Hall–Kier alpha value is -0.970. The van der Waals surface area contributed by atoms with Crippen LogP contribution in [0.3, 0.4) is 0 Å². The molecule has 1 aromatic carbocycles. The van der Waals surface area contributed by atoms with Gasteiger partial charge in [0.15, 0.2) is 0 Å². The fourth-order valence-electron chi connectivity index (χ4n) is 2.86. The molecule has 1 fully saturated rings. The average Bonchev–Trinajstić information content (AvgIpc) is 2.75. The number of hydrogen-bond acceptors (Lipinski definition) is 3.